The number of aromatic hydroxyl groups is 1. The molecule has 0 saturated heterocycles. The molecule has 144 valence electrons. The number of rotatable bonds is 8. The van der Waals surface area contributed by atoms with E-state index in [0.29, 0.717) is 0 Å². The highest BCUT2D eigenvalue weighted by Crippen LogP contribution is 2.25. The first-order valence-corrected chi connectivity index (χ1v) is 9.43. The maximum Gasteiger partial charge on any atom is 0.407 e. The second-order valence-corrected chi connectivity index (χ2v) is 7.29. The molecule has 2 aromatic carbocycles. The Morgan fingerprint density at radius 1 is 1.07 bits per heavy atom. The fourth-order valence-corrected chi connectivity index (χ4v) is 3.01. The van der Waals surface area contributed by atoms with Crippen molar-refractivity contribution in [3.63, 3.8) is 0 Å². The Hall–Kier alpha value is -3.27. The highest BCUT2D eigenvalue weighted by atomic mass is 32.2. The van der Waals surface area contributed by atoms with E-state index in [1.165, 1.54) is 0 Å². The Bertz CT molecular complexity index is 914. The summed E-state index contributed by atoms with van der Waals surface area (Å²) in [6.07, 6.45) is -0.761. The summed E-state index contributed by atoms with van der Waals surface area (Å²) in [5.74, 6) is -2.24. The van der Waals surface area contributed by atoms with Crippen LogP contribution in [0.1, 0.15) is 15.9 Å². The number of carbonyl (C=O) groups excluding carboxylic acids is 1. The Morgan fingerprint density at radius 3 is 2.41 bits per heavy atom. The highest BCUT2D eigenvalue weighted by Gasteiger charge is 2.15. The van der Waals surface area contributed by atoms with Gasteiger partial charge in [0.1, 0.15) is 12.4 Å². The van der Waals surface area contributed by atoms with Crippen molar-refractivity contribution < 1.29 is 33.0 Å². The standard InChI is InChI=1S/C17H18N2O7S/c20-15-10-13(16(21)22)6-7-14(15)19-27(24,25)9-8-18-17(23)26-11-12-4-2-1-3-5-12/h1-7,10,19-20H,8-9,11H2,(H,18,23)(H,21,22). The van der Waals surface area contributed by atoms with E-state index in [1.54, 1.807) is 24.3 Å². The first kappa shape index (κ1) is 20.0. The number of nitrogens with one attached hydrogen (secondary N) is 2. The number of ether oxygens (including phenoxy) is 1. The fourth-order valence-electron chi connectivity index (χ4n) is 2.03. The molecule has 0 spiro atoms. The quantitative estimate of drug-likeness (QED) is 0.500. The van der Waals surface area contributed by atoms with Gasteiger partial charge in [0.2, 0.25) is 10.0 Å². The van der Waals surface area contributed by atoms with Crippen LogP contribution in [0.5, 0.6) is 5.75 Å². The van der Waals surface area contributed by atoms with Gasteiger partial charge in [-0.05, 0) is 23.8 Å². The van der Waals surface area contributed by atoms with Crippen molar-refractivity contribution in [3.8, 4) is 5.75 Å². The first-order chi connectivity index (χ1) is 12.8. The van der Waals surface area contributed by atoms with Crippen LogP contribution in [0.15, 0.2) is 48.5 Å². The third-order valence-electron chi connectivity index (χ3n) is 3.36. The zero-order valence-electron chi connectivity index (χ0n) is 14.1. The summed E-state index contributed by atoms with van der Waals surface area (Å²) in [5.41, 5.74) is 0.451. The zero-order valence-corrected chi connectivity index (χ0v) is 14.9. The molecular weight excluding hydrogens is 376 g/mol. The lowest BCUT2D eigenvalue weighted by molar-refractivity contribution is 0.0696. The lowest BCUT2D eigenvalue weighted by atomic mass is 10.2. The molecule has 0 aromatic heterocycles. The molecule has 2 rings (SSSR count). The number of hydrogen-bond donors (Lipinski definition) is 4. The van der Waals surface area contributed by atoms with Crippen LogP contribution < -0.4 is 10.0 Å². The predicted octanol–water partition coefficient (Wildman–Crippen LogP) is 1.76. The Kier molecular flexibility index (Phi) is 6.61. The number of amides is 1. The van der Waals surface area contributed by atoms with Crippen molar-refractivity contribution in [2.24, 2.45) is 0 Å². The summed E-state index contributed by atoms with van der Waals surface area (Å²) in [7, 11) is -3.88. The third kappa shape index (κ3) is 6.51. The van der Waals surface area contributed by atoms with Crippen LogP contribution in [0.4, 0.5) is 10.5 Å². The van der Waals surface area contributed by atoms with Crippen LogP contribution >= 0.6 is 0 Å². The molecule has 10 heteroatoms. The van der Waals surface area contributed by atoms with E-state index in [9.17, 15) is 23.1 Å². The second kappa shape index (κ2) is 8.90. The van der Waals surface area contributed by atoms with Gasteiger partial charge in [-0.3, -0.25) is 4.72 Å². The van der Waals surface area contributed by atoms with E-state index in [1.807, 2.05) is 6.07 Å². The van der Waals surface area contributed by atoms with E-state index in [4.69, 9.17) is 9.84 Å². The van der Waals surface area contributed by atoms with Gasteiger partial charge in [0.15, 0.2) is 0 Å². The van der Waals surface area contributed by atoms with Gasteiger partial charge in [-0.25, -0.2) is 18.0 Å². The van der Waals surface area contributed by atoms with Gasteiger partial charge >= 0.3 is 12.1 Å². The van der Waals surface area contributed by atoms with Crippen LogP contribution in [0, 0.1) is 0 Å². The van der Waals surface area contributed by atoms with Gasteiger partial charge in [0.05, 0.1) is 17.0 Å². The van der Waals surface area contributed by atoms with Crippen LogP contribution in [0.3, 0.4) is 0 Å². The minimum atomic E-state index is -3.88. The number of carboxylic acids is 1. The Labute approximate surface area is 155 Å². The summed E-state index contributed by atoms with van der Waals surface area (Å²) in [5, 5.41) is 20.8. The lowest BCUT2D eigenvalue weighted by Crippen LogP contribution is -2.31. The zero-order chi connectivity index (χ0) is 19.9. The van der Waals surface area contributed by atoms with Gasteiger partial charge in [0.25, 0.3) is 0 Å². The maximum absolute atomic E-state index is 12.0. The number of benzene rings is 2. The van der Waals surface area contributed by atoms with Gasteiger partial charge < -0.3 is 20.3 Å². The molecule has 0 bridgehead atoms. The highest BCUT2D eigenvalue weighted by molar-refractivity contribution is 7.92. The number of alkyl carbamates (subject to hydrolysis) is 1. The molecular formula is C17H18N2O7S. The summed E-state index contributed by atoms with van der Waals surface area (Å²) in [4.78, 5) is 22.4. The normalized spacial score (nSPS) is 10.8. The molecule has 0 aliphatic rings. The molecule has 0 saturated carbocycles. The molecule has 2 aromatic rings. The average Bonchev–Trinajstić information content (AvgIpc) is 2.62. The third-order valence-corrected chi connectivity index (χ3v) is 4.64. The van der Waals surface area contributed by atoms with Crippen molar-refractivity contribution in [1.82, 2.24) is 5.32 Å². The monoisotopic (exact) mass is 394 g/mol. The minimum Gasteiger partial charge on any atom is -0.506 e. The molecule has 1 amide bonds. The number of carboxylic acid groups (broad SMARTS) is 1. The molecule has 27 heavy (non-hydrogen) atoms. The number of aromatic carboxylic acids is 1. The van der Waals surface area contributed by atoms with Crippen molar-refractivity contribution in [1.29, 1.82) is 0 Å². The van der Waals surface area contributed by atoms with E-state index in [2.05, 4.69) is 10.0 Å². The van der Waals surface area contributed by atoms with Crippen LogP contribution in [-0.4, -0.2) is 43.0 Å². The number of carbonyl (C=O) groups is 2. The van der Waals surface area contributed by atoms with Gasteiger partial charge in [-0.15, -0.1) is 0 Å². The molecule has 0 aliphatic carbocycles. The van der Waals surface area contributed by atoms with E-state index >= 15 is 0 Å². The van der Waals surface area contributed by atoms with Crippen LogP contribution in [-0.2, 0) is 21.4 Å². The summed E-state index contributed by atoms with van der Waals surface area (Å²) in [6, 6.07) is 12.2. The largest absolute Gasteiger partial charge is 0.506 e. The number of hydrogen-bond acceptors (Lipinski definition) is 6. The Balaban J connectivity index is 1.81. The molecule has 0 aliphatic heterocycles. The van der Waals surface area contributed by atoms with Crippen molar-refractivity contribution >= 4 is 27.8 Å². The van der Waals surface area contributed by atoms with E-state index < -0.39 is 33.6 Å². The van der Waals surface area contributed by atoms with E-state index in [0.717, 1.165) is 23.8 Å². The maximum atomic E-state index is 12.0. The summed E-state index contributed by atoms with van der Waals surface area (Å²) < 4.78 is 31.1. The topological polar surface area (TPSA) is 142 Å². The van der Waals surface area contributed by atoms with Gasteiger partial charge in [0, 0.05) is 6.54 Å². The van der Waals surface area contributed by atoms with E-state index in [-0.39, 0.29) is 24.4 Å². The molecule has 0 unspecified atom stereocenters. The number of sulfonamides is 1. The van der Waals surface area contributed by atoms with Crippen LogP contribution in [0.2, 0.25) is 0 Å². The summed E-state index contributed by atoms with van der Waals surface area (Å²) in [6.45, 7) is -0.154. The smallest absolute Gasteiger partial charge is 0.407 e. The van der Waals surface area contributed by atoms with Gasteiger partial charge in [-0.2, -0.15) is 0 Å². The average molecular weight is 394 g/mol. The Morgan fingerprint density at radius 2 is 1.78 bits per heavy atom. The first-order valence-electron chi connectivity index (χ1n) is 7.78. The van der Waals surface area contributed by atoms with Crippen molar-refractivity contribution in [2.75, 3.05) is 17.0 Å². The minimum absolute atomic E-state index is 0.0570. The molecule has 0 fully saturated rings. The van der Waals surface area contributed by atoms with Crippen LogP contribution in [0.25, 0.3) is 0 Å². The fraction of sp³-hybridized carbons (Fsp3) is 0.176. The second-order valence-electron chi connectivity index (χ2n) is 5.45. The predicted molar refractivity (Wildman–Crippen MR) is 97.1 cm³/mol. The SMILES string of the molecule is O=C(NCCS(=O)(=O)Nc1ccc(C(=O)O)cc1O)OCc1ccccc1. The van der Waals surface area contributed by atoms with Crippen molar-refractivity contribution in [2.45, 2.75) is 6.61 Å². The number of phenolic OH excluding ortho intramolecular Hbond substituents is 1. The molecule has 0 radical (unpaired) electrons. The number of anilines is 1. The van der Waals surface area contributed by atoms with Crippen molar-refractivity contribution in [3.05, 3.63) is 59.7 Å². The summed E-state index contributed by atoms with van der Waals surface area (Å²) >= 11 is 0. The molecule has 9 nitrogen and oxygen atoms in total. The molecule has 0 atom stereocenters. The number of phenols is 1. The van der Waals surface area contributed by atoms with Gasteiger partial charge in [-0.1, -0.05) is 30.3 Å². The molecule has 4 N–H and O–H groups in total. The lowest BCUT2D eigenvalue weighted by Gasteiger charge is -2.11. The molecule has 0 heterocycles.